The summed E-state index contributed by atoms with van der Waals surface area (Å²) in [7, 11) is 0. The van der Waals surface area contributed by atoms with Crippen LogP contribution in [0.15, 0.2) is 11.6 Å². The molecule has 0 saturated carbocycles. The summed E-state index contributed by atoms with van der Waals surface area (Å²) in [6.45, 7) is 2.09. The number of halogens is 2. The topological polar surface area (TPSA) is 0 Å². The first-order valence-electron chi connectivity index (χ1n) is 2.72. The van der Waals surface area contributed by atoms with Crippen molar-refractivity contribution >= 4 is 23.2 Å². The van der Waals surface area contributed by atoms with Crippen molar-refractivity contribution in [3.05, 3.63) is 11.6 Å². The fraction of sp³-hybridized carbons (Fsp3) is 0.667. The minimum Gasteiger partial charge on any atom is -0.118 e. The smallest absolute Gasteiger partial charge is 0.0527 e. The molecule has 2 heteroatoms. The Hall–Kier alpha value is 0.320. The molecule has 1 atom stereocenters. The Kier molecular flexibility index (Phi) is 5.67. The van der Waals surface area contributed by atoms with Gasteiger partial charge in [-0.05, 0) is 6.42 Å². The van der Waals surface area contributed by atoms with Crippen molar-refractivity contribution in [1.82, 2.24) is 0 Å². The minimum absolute atomic E-state index is 0.123. The first-order chi connectivity index (χ1) is 3.81. The van der Waals surface area contributed by atoms with Gasteiger partial charge < -0.3 is 0 Å². The van der Waals surface area contributed by atoms with Crippen molar-refractivity contribution in [2.24, 2.45) is 0 Å². The van der Waals surface area contributed by atoms with Gasteiger partial charge in [-0.3, -0.25) is 0 Å². The molecule has 8 heavy (non-hydrogen) atoms. The molecule has 0 N–H and O–H groups in total. The van der Waals surface area contributed by atoms with Crippen LogP contribution in [0.1, 0.15) is 19.8 Å². The Morgan fingerprint density at radius 3 is 2.62 bits per heavy atom. The highest BCUT2D eigenvalue weighted by molar-refractivity contribution is 6.27. The normalized spacial score (nSPS) is 14.9. The standard InChI is InChI=1S/C6H10Cl2/c1-2-3-6(8)4-5-7/h4-6H,2-3H2,1H3/b5-4+. The summed E-state index contributed by atoms with van der Waals surface area (Å²) in [5.41, 5.74) is 1.47. The van der Waals surface area contributed by atoms with Gasteiger partial charge in [-0.25, -0.2) is 0 Å². The Morgan fingerprint density at radius 1 is 1.62 bits per heavy atom. The molecule has 0 saturated heterocycles. The maximum absolute atomic E-state index is 5.71. The molecule has 0 rings (SSSR count). The van der Waals surface area contributed by atoms with Crippen LogP contribution in [0.25, 0.3) is 0 Å². The van der Waals surface area contributed by atoms with Gasteiger partial charge in [0.1, 0.15) is 0 Å². The molecule has 0 aromatic rings. The quantitative estimate of drug-likeness (QED) is 0.546. The SMILES string of the molecule is CCCC(Cl)/C=C/Cl. The zero-order chi connectivity index (χ0) is 6.41. The van der Waals surface area contributed by atoms with Gasteiger partial charge in [0.2, 0.25) is 0 Å². The van der Waals surface area contributed by atoms with E-state index in [4.69, 9.17) is 23.2 Å². The first-order valence-corrected chi connectivity index (χ1v) is 3.59. The fourth-order valence-corrected chi connectivity index (χ4v) is 0.992. The Bertz CT molecular complexity index is 68.9. The maximum atomic E-state index is 5.71. The van der Waals surface area contributed by atoms with Crippen LogP contribution in [0.3, 0.4) is 0 Å². The Balaban J connectivity index is 3.17. The molecule has 0 nitrogen and oxygen atoms in total. The second kappa shape index (κ2) is 5.46. The third kappa shape index (κ3) is 4.48. The Labute approximate surface area is 60.5 Å². The van der Waals surface area contributed by atoms with E-state index in [0.717, 1.165) is 12.8 Å². The average Bonchev–Trinajstić information content (AvgIpc) is 1.68. The third-order valence-corrected chi connectivity index (χ3v) is 1.36. The van der Waals surface area contributed by atoms with Gasteiger partial charge in [0.25, 0.3) is 0 Å². The average molecular weight is 153 g/mol. The van der Waals surface area contributed by atoms with Crippen LogP contribution >= 0.6 is 23.2 Å². The van der Waals surface area contributed by atoms with Crippen molar-refractivity contribution in [3.8, 4) is 0 Å². The molecule has 0 aliphatic heterocycles. The highest BCUT2D eigenvalue weighted by Crippen LogP contribution is 2.06. The third-order valence-electron chi connectivity index (χ3n) is 0.846. The Morgan fingerprint density at radius 2 is 2.25 bits per heavy atom. The van der Waals surface area contributed by atoms with Gasteiger partial charge in [-0.2, -0.15) is 0 Å². The highest BCUT2D eigenvalue weighted by Gasteiger charge is 1.93. The zero-order valence-electron chi connectivity index (χ0n) is 4.90. The number of allylic oxidation sites excluding steroid dienone is 1. The molecule has 0 fully saturated rings. The number of alkyl halides is 1. The molecule has 0 aromatic carbocycles. The van der Waals surface area contributed by atoms with E-state index in [2.05, 4.69) is 6.92 Å². The predicted octanol–water partition coefficient (Wildman–Crippen LogP) is 3.15. The molecule has 0 amide bonds. The minimum atomic E-state index is 0.123. The van der Waals surface area contributed by atoms with Crippen LogP contribution in [0, 0.1) is 0 Å². The largest absolute Gasteiger partial charge is 0.118 e. The lowest BCUT2D eigenvalue weighted by molar-refractivity contribution is 0.821. The van der Waals surface area contributed by atoms with Gasteiger partial charge in [0.05, 0.1) is 5.38 Å². The molecule has 0 aliphatic carbocycles. The molecule has 0 aliphatic rings. The van der Waals surface area contributed by atoms with Gasteiger partial charge >= 0.3 is 0 Å². The molecule has 48 valence electrons. The molecule has 0 bridgehead atoms. The highest BCUT2D eigenvalue weighted by atomic mass is 35.5. The summed E-state index contributed by atoms with van der Waals surface area (Å²) in [5, 5.41) is 0.123. The number of rotatable bonds is 3. The van der Waals surface area contributed by atoms with E-state index in [1.165, 1.54) is 5.54 Å². The molecule has 0 heterocycles. The van der Waals surface area contributed by atoms with Gasteiger partial charge in [0.15, 0.2) is 0 Å². The first kappa shape index (κ1) is 8.32. The lowest BCUT2D eigenvalue weighted by atomic mass is 10.2. The summed E-state index contributed by atoms with van der Waals surface area (Å²) in [5.74, 6) is 0. The van der Waals surface area contributed by atoms with Gasteiger partial charge in [0, 0.05) is 5.54 Å². The van der Waals surface area contributed by atoms with Crippen molar-refractivity contribution in [2.45, 2.75) is 25.1 Å². The van der Waals surface area contributed by atoms with Crippen molar-refractivity contribution in [3.63, 3.8) is 0 Å². The van der Waals surface area contributed by atoms with Gasteiger partial charge in [-0.1, -0.05) is 31.0 Å². The summed E-state index contributed by atoms with van der Waals surface area (Å²) < 4.78 is 0. The van der Waals surface area contributed by atoms with Gasteiger partial charge in [-0.15, -0.1) is 11.6 Å². The molecule has 0 aromatic heterocycles. The maximum Gasteiger partial charge on any atom is 0.0527 e. The summed E-state index contributed by atoms with van der Waals surface area (Å²) in [6.07, 6.45) is 3.90. The van der Waals surface area contributed by atoms with E-state index in [1.807, 2.05) is 0 Å². The van der Waals surface area contributed by atoms with Crippen molar-refractivity contribution < 1.29 is 0 Å². The lowest BCUT2D eigenvalue weighted by Crippen LogP contribution is -1.89. The summed E-state index contributed by atoms with van der Waals surface area (Å²) in [6, 6.07) is 0. The zero-order valence-corrected chi connectivity index (χ0v) is 6.41. The lowest BCUT2D eigenvalue weighted by Gasteiger charge is -1.96. The molecule has 0 spiro atoms. The summed E-state index contributed by atoms with van der Waals surface area (Å²) in [4.78, 5) is 0. The van der Waals surface area contributed by atoms with E-state index in [1.54, 1.807) is 6.08 Å². The van der Waals surface area contributed by atoms with Crippen LogP contribution < -0.4 is 0 Å². The van der Waals surface area contributed by atoms with E-state index >= 15 is 0 Å². The molecular weight excluding hydrogens is 143 g/mol. The fourth-order valence-electron chi connectivity index (χ4n) is 0.451. The van der Waals surface area contributed by atoms with Crippen molar-refractivity contribution in [2.75, 3.05) is 0 Å². The second-order valence-electron chi connectivity index (χ2n) is 1.62. The number of hydrogen-bond donors (Lipinski definition) is 0. The molecular formula is C6H10Cl2. The number of hydrogen-bond acceptors (Lipinski definition) is 0. The second-order valence-corrected chi connectivity index (χ2v) is 2.44. The van der Waals surface area contributed by atoms with Crippen LogP contribution in [0.5, 0.6) is 0 Å². The van der Waals surface area contributed by atoms with E-state index in [0.29, 0.717) is 0 Å². The monoisotopic (exact) mass is 152 g/mol. The molecule has 0 radical (unpaired) electrons. The molecule has 1 unspecified atom stereocenters. The van der Waals surface area contributed by atoms with Crippen molar-refractivity contribution in [1.29, 1.82) is 0 Å². The van der Waals surface area contributed by atoms with Crippen LogP contribution in [0.2, 0.25) is 0 Å². The van der Waals surface area contributed by atoms with E-state index < -0.39 is 0 Å². The van der Waals surface area contributed by atoms with Crippen LogP contribution in [-0.2, 0) is 0 Å². The summed E-state index contributed by atoms with van der Waals surface area (Å²) >= 11 is 11.0. The predicted molar refractivity (Wildman–Crippen MR) is 39.5 cm³/mol. The van der Waals surface area contributed by atoms with Crippen LogP contribution in [0.4, 0.5) is 0 Å². The van der Waals surface area contributed by atoms with E-state index in [9.17, 15) is 0 Å². The van der Waals surface area contributed by atoms with E-state index in [-0.39, 0.29) is 5.38 Å². The van der Waals surface area contributed by atoms with Crippen LogP contribution in [-0.4, -0.2) is 5.38 Å².